The zero-order valence-corrected chi connectivity index (χ0v) is 27.9. The first kappa shape index (κ1) is 30.9. The Bertz CT molecular complexity index is 2180. The standard InChI is InChI=1S/C46H40N2/c1-5-6-24-41-34(2)44-32-39(47(35-17-10-7-11-18-35)36-19-12-8-13-20-36)25-27-42(44)43-28-26-40(33-45(41)43)48(37-21-14-9-15-22-37)38-23-16-30-46(3,4)31-29-38/h1,7-23,25-33H,6,24H2,2-4H3. The lowest BCUT2D eigenvalue weighted by atomic mass is 9.89. The van der Waals surface area contributed by atoms with E-state index in [-0.39, 0.29) is 5.41 Å². The van der Waals surface area contributed by atoms with Crippen molar-refractivity contribution in [3.63, 3.8) is 0 Å². The number of terminal acetylenes is 1. The molecule has 234 valence electrons. The SMILES string of the molecule is C#CCCc1c(C)c2cc(N(c3ccccc3)c3ccccc3)ccc2c2ccc(N(C3=CC=CC(C)(C)C=C3)c3ccccc3)cc12. The van der Waals surface area contributed by atoms with E-state index in [1.807, 2.05) is 0 Å². The largest absolute Gasteiger partial charge is 0.310 e. The maximum absolute atomic E-state index is 5.88. The second kappa shape index (κ2) is 13.1. The third kappa shape index (κ3) is 6.04. The quantitative estimate of drug-likeness (QED) is 0.123. The fourth-order valence-corrected chi connectivity index (χ4v) is 6.84. The first-order chi connectivity index (χ1) is 23.4. The van der Waals surface area contributed by atoms with Gasteiger partial charge in [-0.15, -0.1) is 12.3 Å². The number of nitrogens with zero attached hydrogens (tertiary/aromatic N) is 2. The van der Waals surface area contributed by atoms with Crippen LogP contribution in [0.2, 0.25) is 0 Å². The minimum atomic E-state index is -0.0160. The highest BCUT2D eigenvalue weighted by Crippen LogP contribution is 2.42. The van der Waals surface area contributed by atoms with E-state index in [4.69, 9.17) is 6.42 Å². The molecule has 0 aliphatic heterocycles. The second-order valence-electron chi connectivity index (χ2n) is 13.1. The van der Waals surface area contributed by atoms with Gasteiger partial charge in [-0.2, -0.15) is 0 Å². The average molecular weight is 621 g/mol. The van der Waals surface area contributed by atoms with Crippen molar-refractivity contribution in [2.24, 2.45) is 5.41 Å². The summed E-state index contributed by atoms with van der Waals surface area (Å²) in [6.45, 7) is 6.73. The summed E-state index contributed by atoms with van der Waals surface area (Å²) >= 11 is 0. The molecule has 6 aromatic carbocycles. The summed E-state index contributed by atoms with van der Waals surface area (Å²) in [5, 5.41) is 4.98. The molecule has 7 rings (SSSR count). The summed E-state index contributed by atoms with van der Waals surface area (Å²) in [7, 11) is 0. The Morgan fingerprint density at radius 1 is 0.583 bits per heavy atom. The summed E-state index contributed by atoms with van der Waals surface area (Å²) in [6, 6.07) is 45.6. The average Bonchev–Trinajstić information content (AvgIpc) is 3.30. The van der Waals surface area contributed by atoms with E-state index < -0.39 is 0 Å². The van der Waals surface area contributed by atoms with Gasteiger partial charge in [0.25, 0.3) is 0 Å². The predicted molar refractivity (Wildman–Crippen MR) is 207 cm³/mol. The molecule has 0 N–H and O–H groups in total. The van der Waals surface area contributed by atoms with Crippen LogP contribution in [0.25, 0.3) is 21.5 Å². The zero-order valence-electron chi connectivity index (χ0n) is 27.9. The number of anilines is 5. The molecule has 0 fully saturated rings. The molecule has 48 heavy (non-hydrogen) atoms. The van der Waals surface area contributed by atoms with Crippen molar-refractivity contribution < 1.29 is 0 Å². The Labute approximate surface area is 285 Å². The molecule has 0 spiro atoms. The van der Waals surface area contributed by atoms with Crippen LogP contribution in [0, 0.1) is 24.7 Å². The lowest BCUT2D eigenvalue weighted by Crippen LogP contribution is -2.15. The fraction of sp³-hybridized carbons (Fsp3) is 0.130. The van der Waals surface area contributed by atoms with E-state index in [9.17, 15) is 0 Å². The molecule has 1 aliphatic rings. The first-order valence-electron chi connectivity index (χ1n) is 16.7. The Hall–Kier alpha value is -5.78. The van der Waals surface area contributed by atoms with Gasteiger partial charge in [0, 0.05) is 46.0 Å². The van der Waals surface area contributed by atoms with Gasteiger partial charge in [-0.1, -0.05) is 98.8 Å². The maximum atomic E-state index is 5.88. The molecule has 0 radical (unpaired) electrons. The minimum Gasteiger partial charge on any atom is -0.310 e. The summed E-state index contributed by atoms with van der Waals surface area (Å²) in [5.41, 5.74) is 9.30. The third-order valence-corrected chi connectivity index (χ3v) is 9.29. The van der Waals surface area contributed by atoms with E-state index in [2.05, 4.69) is 194 Å². The number of hydrogen-bond acceptors (Lipinski definition) is 2. The van der Waals surface area contributed by atoms with E-state index in [1.165, 1.54) is 32.7 Å². The zero-order chi connectivity index (χ0) is 33.1. The summed E-state index contributed by atoms with van der Waals surface area (Å²) in [6.07, 6.45) is 18.5. The molecule has 2 heteroatoms. The van der Waals surface area contributed by atoms with Crippen LogP contribution < -0.4 is 9.80 Å². The molecule has 2 nitrogen and oxygen atoms in total. The van der Waals surface area contributed by atoms with E-state index >= 15 is 0 Å². The van der Waals surface area contributed by atoms with Crippen LogP contribution in [0.3, 0.4) is 0 Å². The van der Waals surface area contributed by atoms with Gasteiger partial charge < -0.3 is 9.80 Å². The van der Waals surface area contributed by atoms with Gasteiger partial charge in [-0.25, -0.2) is 0 Å². The molecule has 0 amide bonds. The molecule has 0 bridgehead atoms. The van der Waals surface area contributed by atoms with E-state index in [0.29, 0.717) is 6.42 Å². The van der Waals surface area contributed by atoms with Gasteiger partial charge >= 0.3 is 0 Å². The molecule has 0 saturated heterocycles. The number of rotatable bonds is 8. The van der Waals surface area contributed by atoms with Crippen LogP contribution in [0.15, 0.2) is 163 Å². The Balaban J connectivity index is 1.43. The van der Waals surface area contributed by atoms with Gasteiger partial charge in [-0.05, 0) is 119 Å². The van der Waals surface area contributed by atoms with Gasteiger partial charge in [0.2, 0.25) is 0 Å². The smallest absolute Gasteiger partial charge is 0.0468 e. The normalized spacial score (nSPS) is 13.6. The molecular formula is C46H40N2. The van der Waals surface area contributed by atoms with Crippen molar-refractivity contribution in [1.29, 1.82) is 0 Å². The molecule has 0 heterocycles. The summed E-state index contributed by atoms with van der Waals surface area (Å²) in [5.74, 6) is 2.91. The molecule has 0 saturated carbocycles. The maximum Gasteiger partial charge on any atom is 0.0468 e. The number of allylic oxidation sites excluding steroid dienone is 5. The Kier molecular flexibility index (Phi) is 8.45. The van der Waals surface area contributed by atoms with Crippen LogP contribution in [0.1, 0.15) is 31.4 Å². The molecule has 0 aromatic heterocycles. The van der Waals surface area contributed by atoms with Gasteiger partial charge in [-0.3, -0.25) is 0 Å². The van der Waals surface area contributed by atoms with E-state index in [1.54, 1.807) is 0 Å². The third-order valence-electron chi connectivity index (χ3n) is 9.29. The van der Waals surface area contributed by atoms with Crippen molar-refractivity contribution in [3.8, 4) is 12.3 Å². The topological polar surface area (TPSA) is 6.48 Å². The van der Waals surface area contributed by atoms with Crippen molar-refractivity contribution in [2.45, 2.75) is 33.6 Å². The van der Waals surface area contributed by atoms with Crippen LogP contribution in [-0.4, -0.2) is 0 Å². The van der Waals surface area contributed by atoms with Crippen molar-refractivity contribution in [1.82, 2.24) is 0 Å². The predicted octanol–water partition coefficient (Wildman–Crippen LogP) is 12.5. The summed E-state index contributed by atoms with van der Waals surface area (Å²) in [4.78, 5) is 4.68. The van der Waals surface area contributed by atoms with Gasteiger partial charge in [0.05, 0.1) is 0 Å². The molecule has 0 unspecified atom stereocenters. The molecular weight excluding hydrogens is 581 g/mol. The van der Waals surface area contributed by atoms with Crippen LogP contribution in [-0.2, 0) is 6.42 Å². The van der Waals surface area contributed by atoms with Gasteiger partial charge in [0.15, 0.2) is 0 Å². The number of fused-ring (bicyclic) bond motifs is 3. The number of benzene rings is 6. The fourth-order valence-electron chi connectivity index (χ4n) is 6.84. The highest BCUT2D eigenvalue weighted by molar-refractivity contribution is 6.12. The lowest BCUT2D eigenvalue weighted by Gasteiger charge is -2.28. The highest BCUT2D eigenvalue weighted by atomic mass is 15.1. The van der Waals surface area contributed by atoms with Crippen molar-refractivity contribution in [3.05, 3.63) is 175 Å². The number of para-hydroxylation sites is 3. The van der Waals surface area contributed by atoms with Crippen molar-refractivity contribution >= 4 is 50.0 Å². The summed E-state index contributed by atoms with van der Waals surface area (Å²) < 4.78 is 0. The Morgan fingerprint density at radius 2 is 1.10 bits per heavy atom. The molecule has 0 atom stereocenters. The minimum absolute atomic E-state index is 0.0160. The lowest BCUT2D eigenvalue weighted by molar-refractivity contribution is 0.627. The molecule has 6 aromatic rings. The number of hydrogen-bond donors (Lipinski definition) is 0. The highest BCUT2D eigenvalue weighted by Gasteiger charge is 2.20. The first-order valence-corrected chi connectivity index (χ1v) is 16.7. The van der Waals surface area contributed by atoms with Crippen LogP contribution in [0.4, 0.5) is 28.4 Å². The monoisotopic (exact) mass is 620 g/mol. The Morgan fingerprint density at radius 3 is 1.69 bits per heavy atom. The van der Waals surface area contributed by atoms with Crippen molar-refractivity contribution in [2.75, 3.05) is 9.80 Å². The van der Waals surface area contributed by atoms with Crippen LogP contribution in [0.5, 0.6) is 0 Å². The molecule has 1 aliphatic carbocycles. The van der Waals surface area contributed by atoms with Crippen LogP contribution >= 0.6 is 0 Å². The second-order valence-corrected chi connectivity index (χ2v) is 13.1. The van der Waals surface area contributed by atoms with E-state index in [0.717, 1.165) is 40.6 Å². The number of aryl methyl sites for hydroxylation is 2. The van der Waals surface area contributed by atoms with Gasteiger partial charge in [0.1, 0.15) is 0 Å².